The first kappa shape index (κ1) is 23.6. The van der Waals surface area contributed by atoms with Crippen LogP contribution in [0.25, 0.3) is 21.3 Å². The molecule has 0 N–H and O–H groups in total. The Morgan fingerprint density at radius 1 is 1.15 bits per heavy atom. The summed E-state index contributed by atoms with van der Waals surface area (Å²) in [6.45, 7) is 8.88. The monoisotopic (exact) mass is 486 g/mol. The van der Waals surface area contributed by atoms with Crippen LogP contribution in [0.4, 0.5) is 5.13 Å². The van der Waals surface area contributed by atoms with Crippen molar-refractivity contribution >= 4 is 56.0 Å². The number of aromatic nitrogens is 4. The molecule has 10 heteroatoms. The third-order valence-electron chi connectivity index (χ3n) is 6.05. The Morgan fingerprint density at radius 2 is 1.94 bits per heavy atom. The first-order valence-corrected chi connectivity index (χ1v) is 11.7. The van der Waals surface area contributed by atoms with Crippen LogP contribution in [0.3, 0.4) is 0 Å². The first-order valence-electron chi connectivity index (χ1n) is 10.9. The van der Waals surface area contributed by atoms with E-state index >= 15 is 0 Å². The van der Waals surface area contributed by atoms with E-state index in [1.54, 1.807) is 16.0 Å². The summed E-state index contributed by atoms with van der Waals surface area (Å²) in [5.41, 5.74) is 4.97. The summed E-state index contributed by atoms with van der Waals surface area (Å²) >= 11 is 1.56. The van der Waals surface area contributed by atoms with Gasteiger partial charge in [0, 0.05) is 26.2 Å². The lowest BCUT2D eigenvalue weighted by molar-refractivity contribution is -0.119. The Balaban J connectivity index is 0.00000259. The largest absolute Gasteiger partial charge is 0.379 e. The van der Waals surface area contributed by atoms with Gasteiger partial charge in [-0.2, -0.15) is 0 Å². The summed E-state index contributed by atoms with van der Waals surface area (Å²) in [5, 5.41) is 9.12. The number of hydrogen-bond acceptors (Lipinski definition) is 7. The van der Waals surface area contributed by atoms with Crippen molar-refractivity contribution in [3.05, 3.63) is 47.5 Å². The zero-order valence-corrected chi connectivity index (χ0v) is 20.4. The molecular weight excluding hydrogens is 460 g/mol. The molecule has 0 aliphatic carbocycles. The van der Waals surface area contributed by atoms with Gasteiger partial charge in [0.1, 0.15) is 12.1 Å². The van der Waals surface area contributed by atoms with Gasteiger partial charge in [-0.3, -0.25) is 14.6 Å². The minimum atomic E-state index is -0.0395. The number of ether oxygens (including phenoxy) is 1. The number of anilines is 1. The molecule has 0 bridgehead atoms. The highest BCUT2D eigenvalue weighted by molar-refractivity contribution is 7.22. The maximum atomic E-state index is 13.5. The third-order valence-corrected chi connectivity index (χ3v) is 7.10. The predicted octanol–water partition coefficient (Wildman–Crippen LogP) is 3.45. The number of benzene rings is 2. The van der Waals surface area contributed by atoms with E-state index in [9.17, 15) is 4.79 Å². The number of amides is 1. The van der Waals surface area contributed by atoms with Crippen LogP contribution in [-0.4, -0.2) is 70.2 Å². The van der Waals surface area contributed by atoms with Crippen LogP contribution in [0.1, 0.15) is 11.1 Å². The van der Waals surface area contributed by atoms with Crippen LogP contribution in [0, 0.1) is 13.8 Å². The highest BCUT2D eigenvalue weighted by atomic mass is 35.5. The first-order chi connectivity index (χ1) is 15.6. The molecule has 5 rings (SSSR count). The fraction of sp³-hybridized carbons (Fsp3) is 0.391. The number of morpholine rings is 1. The van der Waals surface area contributed by atoms with Crippen LogP contribution in [-0.2, 0) is 16.1 Å². The van der Waals surface area contributed by atoms with E-state index in [0.29, 0.717) is 6.54 Å². The molecule has 0 saturated carbocycles. The van der Waals surface area contributed by atoms with Gasteiger partial charge in [0.2, 0.25) is 0 Å². The van der Waals surface area contributed by atoms with E-state index in [1.165, 1.54) is 5.56 Å². The Bertz CT molecular complexity index is 1270. The quantitative estimate of drug-likeness (QED) is 0.415. The molecule has 1 amide bonds. The van der Waals surface area contributed by atoms with Crippen molar-refractivity contribution in [3.63, 3.8) is 0 Å². The van der Waals surface area contributed by atoms with Crippen molar-refractivity contribution in [1.29, 1.82) is 0 Å². The van der Waals surface area contributed by atoms with Gasteiger partial charge in [0.15, 0.2) is 5.13 Å². The third kappa shape index (κ3) is 4.86. The number of carbonyl (C=O) groups is 1. The number of nitrogens with zero attached hydrogens (tertiary/aromatic N) is 6. The molecular formula is C23H27ClN6O2S. The van der Waals surface area contributed by atoms with Gasteiger partial charge in [-0.25, -0.2) is 9.67 Å². The Morgan fingerprint density at radius 3 is 2.76 bits per heavy atom. The van der Waals surface area contributed by atoms with E-state index in [0.717, 1.165) is 64.8 Å². The van der Waals surface area contributed by atoms with Crippen LogP contribution in [0.5, 0.6) is 0 Å². The second kappa shape index (κ2) is 10.1. The molecule has 4 aromatic rings. The molecule has 2 aromatic heterocycles. The standard InChI is InChI=1S/C23H26N6O2S.ClH/c1-16-7-8-20-22(17(16)2)24-23(32-20)28(10-9-27-11-13-31-14-12-27)21(30)15-29-19-6-4-3-5-18(19)25-26-29;/h3-8H,9-15H2,1-2H3;1H. The summed E-state index contributed by atoms with van der Waals surface area (Å²) in [6, 6.07) is 11.9. The molecule has 0 unspecified atom stereocenters. The van der Waals surface area contributed by atoms with Crippen molar-refractivity contribution in [2.24, 2.45) is 0 Å². The van der Waals surface area contributed by atoms with Crippen LogP contribution in [0.15, 0.2) is 36.4 Å². The van der Waals surface area contributed by atoms with E-state index < -0.39 is 0 Å². The SMILES string of the molecule is Cc1ccc2sc(N(CCN3CCOCC3)C(=O)Cn3nnc4ccccc43)nc2c1C.Cl. The normalized spacial score (nSPS) is 14.5. The molecule has 1 saturated heterocycles. The zero-order valence-electron chi connectivity index (χ0n) is 18.7. The van der Waals surface area contributed by atoms with Crippen molar-refractivity contribution in [3.8, 4) is 0 Å². The summed E-state index contributed by atoms with van der Waals surface area (Å²) < 4.78 is 8.23. The molecule has 1 fully saturated rings. The second-order valence-electron chi connectivity index (χ2n) is 8.09. The lowest BCUT2D eigenvalue weighted by Gasteiger charge is -2.29. The lowest BCUT2D eigenvalue weighted by Crippen LogP contribution is -2.44. The van der Waals surface area contributed by atoms with Crippen LogP contribution in [0.2, 0.25) is 0 Å². The number of carbonyl (C=O) groups excluding carboxylic acids is 1. The number of fused-ring (bicyclic) bond motifs is 2. The summed E-state index contributed by atoms with van der Waals surface area (Å²) in [4.78, 5) is 22.5. The molecule has 174 valence electrons. The topological polar surface area (TPSA) is 76.4 Å². The highest BCUT2D eigenvalue weighted by Gasteiger charge is 2.23. The van der Waals surface area contributed by atoms with Gasteiger partial charge in [-0.1, -0.05) is 34.7 Å². The average molecular weight is 487 g/mol. The summed E-state index contributed by atoms with van der Waals surface area (Å²) in [7, 11) is 0. The van der Waals surface area contributed by atoms with Gasteiger partial charge in [-0.15, -0.1) is 17.5 Å². The summed E-state index contributed by atoms with van der Waals surface area (Å²) in [5.74, 6) is -0.0395. The molecule has 2 aromatic carbocycles. The minimum absolute atomic E-state index is 0. The molecule has 1 aliphatic rings. The number of para-hydroxylation sites is 1. The van der Waals surface area contributed by atoms with E-state index in [-0.39, 0.29) is 24.9 Å². The number of thiazole rings is 1. The van der Waals surface area contributed by atoms with Gasteiger partial charge in [0.25, 0.3) is 5.91 Å². The zero-order chi connectivity index (χ0) is 22.1. The molecule has 1 aliphatic heterocycles. The molecule has 33 heavy (non-hydrogen) atoms. The van der Waals surface area contributed by atoms with Crippen LogP contribution < -0.4 is 4.90 Å². The van der Waals surface area contributed by atoms with Gasteiger partial charge < -0.3 is 4.74 Å². The molecule has 0 spiro atoms. The fourth-order valence-corrected chi connectivity index (χ4v) is 5.04. The molecule has 8 nitrogen and oxygen atoms in total. The van der Waals surface area contributed by atoms with E-state index in [2.05, 4.69) is 41.2 Å². The van der Waals surface area contributed by atoms with Crippen molar-refractivity contribution in [2.45, 2.75) is 20.4 Å². The smallest absolute Gasteiger partial charge is 0.250 e. The van der Waals surface area contributed by atoms with Crippen molar-refractivity contribution in [2.75, 3.05) is 44.3 Å². The maximum Gasteiger partial charge on any atom is 0.250 e. The summed E-state index contributed by atoms with van der Waals surface area (Å²) in [6.07, 6.45) is 0. The second-order valence-corrected chi connectivity index (χ2v) is 9.09. The Hall–Kier alpha value is -2.59. The van der Waals surface area contributed by atoms with Crippen LogP contribution >= 0.6 is 23.7 Å². The molecule has 0 atom stereocenters. The van der Waals surface area contributed by atoms with Crippen molar-refractivity contribution in [1.82, 2.24) is 24.9 Å². The highest BCUT2D eigenvalue weighted by Crippen LogP contribution is 2.32. The van der Waals surface area contributed by atoms with Gasteiger partial charge >= 0.3 is 0 Å². The van der Waals surface area contributed by atoms with Crippen molar-refractivity contribution < 1.29 is 9.53 Å². The number of aryl methyl sites for hydroxylation is 2. The minimum Gasteiger partial charge on any atom is -0.379 e. The maximum absolute atomic E-state index is 13.5. The molecule has 3 heterocycles. The number of rotatable bonds is 6. The van der Waals surface area contributed by atoms with E-state index in [4.69, 9.17) is 9.72 Å². The predicted molar refractivity (Wildman–Crippen MR) is 133 cm³/mol. The van der Waals surface area contributed by atoms with Gasteiger partial charge in [-0.05, 0) is 43.2 Å². The average Bonchev–Trinajstić information content (AvgIpc) is 3.42. The fourth-order valence-electron chi connectivity index (χ4n) is 3.97. The van der Waals surface area contributed by atoms with E-state index in [1.807, 2.05) is 29.2 Å². The molecule has 0 radical (unpaired) electrons. The Kier molecular flexibility index (Phi) is 7.23. The van der Waals surface area contributed by atoms with Gasteiger partial charge in [0.05, 0.1) is 28.9 Å². The number of hydrogen-bond donors (Lipinski definition) is 0. The Labute approximate surface area is 202 Å². The lowest BCUT2D eigenvalue weighted by atomic mass is 10.1. The number of halogens is 1.